The fraction of sp³-hybridized carbons (Fsp3) is 0.0455. The molecule has 31 heavy (non-hydrogen) atoms. The molecule has 0 radical (unpaired) electrons. The van der Waals surface area contributed by atoms with Crippen LogP contribution in [0.25, 0.3) is 27.9 Å². The van der Waals surface area contributed by atoms with Gasteiger partial charge in [0.2, 0.25) is 5.95 Å². The second-order valence-corrected chi connectivity index (χ2v) is 7.59. The number of ether oxygens (including phenoxy) is 1. The molecule has 0 amide bonds. The molecular formula is C22H15BrN6O2. The number of rotatable bonds is 4. The SMILES string of the molecule is COc1ccc(-c2nc3c4cc(Br)ccc4nc(Nc4ccccnc4=O)n3n2)cc1. The van der Waals surface area contributed by atoms with Crippen molar-refractivity contribution in [3.8, 4) is 17.1 Å². The Kier molecular flexibility index (Phi) is 4.79. The lowest BCUT2D eigenvalue weighted by Crippen LogP contribution is -2.11. The Morgan fingerprint density at radius 2 is 1.87 bits per heavy atom. The zero-order valence-electron chi connectivity index (χ0n) is 16.3. The van der Waals surface area contributed by atoms with E-state index in [1.54, 1.807) is 29.8 Å². The maximum absolute atomic E-state index is 12.3. The summed E-state index contributed by atoms with van der Waals surface area (Å²) in [6.07, 6.45) is 1.45. The third-order valence-corrected chi connectivity index (χ3v) is 5.20. The van der Waals surface area contributed by atoms with E-state index in [0.29, 0.717) is 22.9 Å². The number of hydrogen-bond donors (Lipinski definition) is 1. The lowest BCUT2D eigenvalue weighted by Gasteiger charge is -2.07. The summed E-state index contributed by atoms with van der Waals surface area (Å²) in [6, 6.07) is 18.3. The third-order valence-electron chi connectivity index (χ3n) is 4.71. The van der Waals surface area contributed by atoms with E-state index >= 15 is 0 Å². The van der Waals surface area contributed by atoms with Gasteiger partial charge in [-0.3, -0.25) is 4.79 Å². The number of nitrogens with one attached hydrogen (secondary N) is 1. The fourth-order valence-corrected chi connectivity index (χ4v) is 3.55. The Morgan fingerprint density at radius 3 is 2.68 bits per heavy atom. The average molecular weight is 475 g/mol. The van der Waals surface area contributed by atoms with E-state index in [0.717, 1.165) is 21.2 Å². The second kappa shape index (κ2) is 7.77. The quantitative estimate of drug-likeness (QED) is 0.416. The van der Waals surface area contributed by atoms with Crippen LogP contribution >= 0.6 is 15.9 Å². The molecule has 0 spiro atoms. The summed E-state index contributed by atoms with van der Waals surface area (Å²) < 4.78 is 7.73. The molecule has 2 aromatic carbocycles. The van der Waals surface area contributed by atoms with Gasteiger partial charge in [0.25, 0.3) is 5.56 Å². The van der Waals surface area contributed by atoms with Crippen LogP contribution in [0.1, 0.15) is 0 Å². The van der Waals surface area contributed by atoms with Crippen LogP contribution in [0.4, 0.5) is 11.6 Å². The summed E-state index contributed by atoms with van der Waals surface area (Å²) >= 11 is 3.51. The number of benzene rings is 2. The summed E-state index contributed by atoms with van der Waals surface area (Å²) in [7, 11) is 1.62. The highest BCUT2D eigenvalue weighted by Gasteiger charge is 2.16. The first-order valence-electron chi connectivity index (χ1n) is 9.35. The van der Waals surface area contributed by atoms with Gasteiger partial charge in [-0.15, -0.1) is 5.10 Å². The molecular weight excluding hydrogens is 460 g/mol. The minimum absolute atomic E-state index is 0.289. The first-order valence-corrected chi connectivity index (χ1v) is 10.1. The topological polar surface area (TPSA) is 94.3 Å². The maximum atomic E-state index is 12.3. The second-order valence-electron chi connectivity index (χ2n) is 6.67. The molecule has 3 aromatic heterocycles. The highest BCUT2D eigenvalue weighted by atomic mass is 79.9. The van der Waals surface area contributed by atoms with Crippen molar-refractivity contribution in [1.29, 1.82) is 0 Å². The van der Waals surface area contributed by atoms with Crippen molar-refractivity contribution in [2.45, 2.75) is 0 Å². The Labute approximate surface area is 184 Å². The zero-order valence-corrected chi connectivity index (χ0v) is 17.9. The molecule has 0 aliphatic carbocycles. The molecule has 0 aliphatic heterocycles. The first-order chi connectivity index (χ1) is 15.1. The highest BCUT2D eigenvalue weighted by Crippen LogP contribution is 2.28. The molecule has 0 aliphatic rings. The van der Waals surface area contributed by atoms with Crippen LogP contribution in [0.5, 0.6) is 5.75 Å². The van der Waals surface area contributed by atoms with Gasteiger partial charge >= 0.3 is 0 Å². The van der Waals surface area contributed by atoms with E-state index in [1.807, 2.05) is 42.5 Å². The minimum atomic E-state index is -0.397. The number of nitrogens with zero attached hydrogens (tertiary/aromatic N) is 5. The molecule has 0 saturated carbocycles. The van der Waals surface area contributed by atoms with Crippen LogP contribution in [0.2, 0.25) is 0 Å². The summed E-state index contributed by atoms with van der Waals surface area (Å²) in [5, 5.41) is 8.55. The summed E-state index contributed by atoms with van der Waals surface area (Å²) in [5.41, 5.74) is 2.05. The van der Waals surface area contributed by atoms with Crippen molar-refractivity contribution < 1.29 is 4.74 Å². The maximum Gasteiger partial charge on any atom is 0.293 e. The number of anilines is 2. The van der Waals surface area contributed by atoms with Crippen LogP contribution in [0, 0.1) is 0 Å². The molecule has 0 saturated heterocycles. The molecule has 1 N–H and O–H groups in total. The number of methoxy groups -OCH3 is 1. The predicted molar refractivity (Wildman–Crippen MR) is 122 cm³/mol. The minimum Gasteiger partial charge on any atom is -0.497 e. The van der Waals surface area contributed by atoms with Crippen LogP contribution in [0.3, 0.4) is 0 Å². The molecule has 9 heteroatoms. The Balaban J connectivity index is 1.74. The van der Waals surface area contributed by atoms with E-state index in [4.69, 9.17) is 9.72 Å². The van der Waals surface area contributed by atoms with Crippen LogP contribution < -0.4 is 15.6 Å². The number of aromatic nitrogens is 5. The van der Waals surface area contributed by atoms with Crippen molar-refractivity contribution in [2.24, 2.45) is 0 Å². The zero-order chi connectivity index (χ0) is 21.4. The van der Waals surface area contributed by atoms with Gasteiger partial charge in [-0.1, -0.05) is 22.0 Å². The average Bonchev–Trinajstić information content (AvgIpc) is 3.14. The lowest BCUT2D eigenvalue weighted by molar-refractivity contribution is 0.415. The van der Waals surface area contributed by atoms with Gasteiger partial charge in [-0.25, -0.2) is 15.0 Å². The molecule has 0 bridgehead atoms. The highest BCUT2D eigenvalue weighted by molar-refractivity contribution is 9.10. The molecule has 0 atom stereocenters. The molecule has 3 heterocycles. The molecule has 152 valence electrons. The van der Waals surface area contributed by atoms with Gasteiger partial charge in [0.05, 0.1) is 12.6 Å². The number of fused-ring (bicyclic) bond motifs is 3. The van der Waals surface area contributed by atoms with Crippen LogP contribution in [-0.4, -0.2) is 31.7 Å². The Morgan fingerprint density at radius 1 is 1.03 bits per heavy atom. The van der Waals surface area contributed by atoms with E-state index in [1.165, 1.54) is 6.20 Å². The Hall–Kier alpha value is -3.85. The summed E-state index contributed by atoms with van der Waals surface area (Å²) in [6.45, 7) is 0. The van der Waals surface area contributed by atoms with Crippen molar-refractivity contribution >= 4 is 44.1 Å². The van der Waals surface area contributed by atoms with E-state index in [-0.39, 0.29) is 5.69 Å². The monoisotopic (exact) mass is 474 g/mol. The van der Waals surface area contributed by atoms with Crippen molar-refractivity contribution in [3.05, 3.63) is 81.7 Å². The van der Waals surface area contributed by atoms with Crippen LogP contribution in [-0.2, 0) is 0 Å². The number of hydrogen-bond acceptors (Lipinski definition) is 7. The van der Waals surface area contributed by atoms with Crippen molar-refractivity contribution in [3.63, 3.8) is 0 Å². The van der Waals surface area contributed by atoms with Crippen LogP contribution in [0.15, 0.2) is 76.1 Å². The van der Waals surface area contributed by atoms with Gasteiger partial charge in [-0.05, 0) is 54.6 Å². The van der Waals surface area contributed by atoms with Crippen molar-refractivity contribution in [1.82, 2.24) is 24.6 Å². The molecule has 0 unspecified atom stereocenters. The smallest absolute Gasteiger partial charge is 0.293 e. The van der Waals surface area contributed by atoms with Crippen molar-refractivity contribution in [2.75, 3.05) is 12.4 Å². The first kappa shape index (κ1) is 19.1. The normalized spacial score (nSPS) is 11.0. The standard InChI is InChI=1S/C22H15BrN6O2/c1-31-15-8-5-13(6-9-15)19-27-20-16-12-14(23)7-10-17(16)25-22(29(20)28-19)26-18-4-2-3-11-24-21(18)30/h2-12H,1H3,(H,24,25,26,30). The van der Waals surface area contributed by atoms with Gasteiger partial charge in [0.1, 0.15) is 11.4 Å². The van der Waals surface area contributed by atoms with E-state index < -0.39 is 5.56 Å². The van der Waals surface area contributed by atoms with Gasteiger partial charge in [0.15, 0.2) is 11.5 Å². The lowest BCUT2D eigenvalue weighted by atomic mass is 10.2. The van der Waals surface area contributed by atoms with E-state index in [2.05, 4.69) is 36.3 Å². The fourth-order valence-electron chi connectivity index (χ4n) is 3.19. The van der Waals surface area contributed by atoms with Gasteiger partial charge < -0.3 is 10.1 Å². The third kappa shape index (κ3) is 3.59. The molecule has 0 fully saturated rings. The largest absolute Gasteiger partial charge is 0.497 e. The summed E-state index contributed by atoms with van der Waals surface area (Å²) in [4.78, 5) is 25.6. The molecule has 5 aromatic rings. The molecule has 8 nitrogen and oxygen atoms in total. The van der Waals surface area contributed by atoms with Gasteiger partial charge in [-0.2, -0.15) is 4.52 Å². The summed E-state index contributed by atoms with van der Waals surface area (Å²) in [5.74, 6) is 1.64. The molecule has 5 rings (SSSR count). The van der Waals surface area contributed by atoms with E-state index in [9.17, 15) is 4.79 Å². The predicted octanol–water partition coefficient (Wildman–Crippen LogP) is 4.21. The van der Waals surface area contributed by atoms with Gasteiger partial charge in [0, 0.05) is 21.6 Å². The number of halogens is 1. The Bertz CT molecular complexity index is 1480.